The zero-order chi connectivity index (χ0) is 18.7. The number of carbonyl (C=O) groups excluding carboxylic acids is 1. The van der Waals surface area contributed by atoms with Crippen molar-refractivity contribution in [3.05, 3.63) is 58.7 Å². The van der Waals surface area contributed by atoms with E-state index in [1.807, 2.05) is 0 Å². The number of carboxylic acids is 3. The lowest BCUT2D eigenvalue weighted by atomic mass is 9.88. The molecule has 0 saturated carbocycles. The lowest BCUT2D eigenvalue weighted by Crippen LogP contribution is -2.21. The van der Waals surface area contributed by atoms with Gasteiger partial charge in [0.25, 0.3) is 0 Å². The molecule has 2 rings (SSSR count). The summed E-state index contributed by atoms with van der Waals surface area (Å²) in [4.78, 5) is 46.8. The molecule has 25 heavy (non-hydrogen) atoms. The van der Waals surface area contributed by atoms with E-state index in [1.165, 1.54) is 12.1 Å². The number of carboxylic acid groups (broad SMARTS) is 3. The largest absolute Gasteiger partial charge is 0.478 e. The summed E-state index contributed by atoms with van der Waals surface area (Å²) in [5.74, 6) is -6.25. The van der Waals surface area contributed by atoms with Crippen molar-refractivity contribution in [3.8, 4) is 11.1 Å². The molecular formula is C17H12O8. The number of hydrogen-bond acceptors (Lipinski definition) is 5. The average molecular weight is 344 g/mol. The molecule has 0 bridgehead atoms. The van der Waals surface area contributed by atoms with Crippen LogP contribution in [0.25, 0.3) is 11.1 Å². The predicted molar refractivity (Wildman–Crippen MR) is 84.1 cm³/mol. The van der Waals surface area contributed by atoms with Crippen LogP contribution < -0.4 is 0 Å². The van der Waals surface area contributed by atoms with E-state index in [4.69, 9.17) is 0 Å². The van der Waals surface area contributed by atoms with Crippen molar-refractivity contribution in [3.63, 3.8) is 0 Å². The Morgan fingerprint density at radius 2 is 1.32 bits per heavy atom. The van der Waals surface area contributed by atoms with Crippen LogP contribution in [0.15, 0.2) is 36.4 Å². The number of aromatic carboxylic acids is 3. The van der Waals surface area contributed by atoms with Gasteiger partial charge >= 0.3 is 23.9 Å². The molecule has 0 aromatic heterocycles. The molecular weight excluding hydrogens is 332 g/mol. The van der Waals surface area contributed by atoms with Crippen molar-refractivity contribution in [1.29, 1.82) is 0 Å². The van der Waals surface area contributed by atoms with Crippen molar-refractivity contribution in [2.45, 2.75) is 0 Å². The molecule has 0 aliphatic heterocycles. The first-order valence-electron chi connectivity index (χ1n) is 6.84. The van der Waals surface area contributed by atoms with E-state index in [2.05, 4.69) is 4.74 Å². The quantitative estimate of drug-likeness (QED) is 0.702. The molecule has 8 nitrogen and oxygen atoms in total. The van der Waals surface area contributed by atoms with E-state index in [-0.39, 0.29) is 5.56 Å². The number of hydrogen-bond donors (Lipinski definition) is 3. The molecule has 3 N–H and O–H groups in total. The van der Waals surface area contributed by atoms with Crippen LogP contribution in [-0.2, 0) is 4.74 Å². The number of methoxy groups -OCH3 is 1. The zero-order valence-electron chi connectivity index (χ0n) is 12.8. The highest BCUT2D eigenvalue weighted by molar-refractivity contribution is 6.16. The normalized spacial score (nSPS) is 10.1. The fraction of sp³-hybridized carbons (Fsp3) is 0.0588. The number of esters is 1. The third kappa shape index (κ3) is 3.18. The fourth-order valence-electron chi connectivity index (χ4n) is 2.46. The first kappa shape index (κ1) is 17.7. The molecule has 0 amide bonds. The lowest BCUT2D eigenvalue weighted by molar-refractivity contribution is 0.0576. The molecule has 2 aromatic rings. The SMILES string of the molecule is COC(=O)c1cc(-c2ccccc2)c(C(=O)O)c(C(=O)O)c1C(=O)O. The van der Waals surface area contributed by atoms with E-state index in [0.717, 1.165) is 13.2 Å². The summed E-state index contributed by atoms with van der Waals surface area (Å²) in [5.41, 5.74) is -2.97. The van der Waals surface area contributed by atoms with Gasteiger partial charge in [-0.05, 0) is 17.2 Å². The smallest absolute Gasteiger partial charge is 0.338 e. The minimum Gasteiger partial charge on any atom is -0.478 e. The lowest BCUT2D eigenvalue weighted by Gasteiger charge is -2.15. The van der Waals surface area contributed by atoms with Crippen LogP contribution in [0, 0.1) is 0 Å². The van der Waals surface area contributed by atoms with E-state index >= 15 is 0 Å². The van der Waals surface area contributed by atoms with Crippen LogP contribution in [0.2, 0.25) is 0 Å². The molecule has 0 heterocycles. The van der Waals surface area contributed by atoms with Crippen LogP contribution >= 0.6 is 0 Å². The molecule has 128 valence electrons. The van der Waals surface area contributed by atoms with Gasteiger partial charge in [-0.25, -0.2) is 19.2 Å². The minimum absolute atomic E-state index is 0.101. The second-order valence-corrected chi connectivity index (χ2v) is 4.87. The van der Waals surface area contributed by atoms with Gasteiger partial charge in [-0.15, -0.1) is 0 Å². The van der Waals surface area contributed by atoms with E-state index in [9.17, 15) is 34.5 Å². The maximum atomic E-state index is 12.0. The second kappa shape index (κ2) is 6.83. The molecule has 0 aliphatic rings. The van der Waals surface area contributed by atoms with Gasteiger partial charge in [0.2, 0.25) is 0 Å². The number of ether oxygens (including phenoxy) is 1. The Bertz CT molecular complexity index is 883. The van der Waals surface area contributed by atoms with Crippen LogP contribution in [-0.4, -0.2) is 46.3 Å². The summed E-state index contributed by atoms with van der Waals surface area (Å²) >= 11 is 0. The average Bonchev–Trinajstić information content (AvgIpc) is 2.59. The fourth-order valence-corrected chi connectivity index (χ4v) is 2.46. The van der Waals surface area contributed by atoms with Gasteiger partial charge in [0.1, 0.15) is 0 Å². The van der Waals surface area contributed by atoms with Gasteiger partial charge in [-0.3, -0.25) is 0 Å². The molecule has 0 spiro atoms. The van der Waals surface area contributed by atoms with Crippen molar-refractivity contribution in [2.75, 3.05) is 7.11 Å². The molecule has 2 aromatic carbocycles. The molecule has 0 atom stereocenters. The van der Waals surface area contributed by atoms with Crippen LogP contribution in [0.5, 0.6) is 0 Å². The number of benzene rings is 2. The van der Waals surface area contributed by atoms with Crippen LogP contribution in [0.3, 0.4) is 0 Å². The first-order valence-corrected chi connectivity index (χ1v) is 6.84. The zero-order valence-corrected chi connectivity index (χ0v) is 12.8. The molecule has 0 fully saturated rings. The van der Waals surface area contributed by atoms with Crippen LogP contribution in [0.1, 0.15) is 41.4 Å². The molecule has 0 aliphatic carbocycles. The summed E-state index contributed by atoms with van der Waals surface area (Å²) in [7, 11) is 1.00. The van der Waals surface area contributed by atoms with E-state index in [0.29, 0.717) is 5.56 Å². The summed E-state index contributed by atoms with van der Waals surface area (Å²) in [6.07, 6.45) is 0. The molecule has 0 unspecified atom stereocenters. The second-order valence-electron chi connectivity index (χ2n) is 4.87. The van der Waals surface area contributed by atoms with Gasteiger partial charge in [-0.1, -0.05) is 30.3 Å². The summed E-state index contributed by atoms with van der Waals surface area (Å²) in [6.45, 7) is 0. The maximum absolute atomic E-state index is 12.0. The van der Waals surface area contributed by atoms with Gasteiger partial charge < -0.3 is 20.1 Å². The minimum atomic E-state index is -1.78. The Morgan fingerprint density at radius 3 is 1.76 bits per heavy atom. The predicted octanol–water partition coefficient (Wildman–Crippen LogP) is 2.23. The number of rotatable bonds is 5. The van der Waals surface area contributed by atoms with Gasteiger partial charge in [0.05, 0.1) is 29.4 Å². The molecule has 8 heteroatoms. The Labute approximate surface area is 140 Å². The summed E-state index contributed by atoms with van der Waals surface area (Å²) < 4.78 is 4.51. The van der Waals surface area contributed by atoms with Crippen molar-refractivity contribution < 1.29 is 39.2 Å². The highest BCUT2D eigenvalue weighted by Gasteiger charge is 2.33. The molecule has 0 radical (unpaired) electrons. The first-order chi connectivity index (χ1) is 11.8. The highest BCUT2D eigenvalue weighted by Crippen LogP contribution is 2.32. The van der Waals surface area contributed by atoms with Crippen molar-refractivity contribution >= 4 is 23.9 Å². The molecule has 0 saturated heterocycles. The third-order valence-electron chi connectivity index (χ3n) is 3.46. The van der Waals surface area contributed by atoms with Gasteiger partial charge in [-0.2, -0.15) is 0 Å². The van der Waals surface area contributed by atoms with Crippen molar-refractivity contribution in [1.82, 2.24) is 0 Å². The summed E-state index contributed by atoms with van der Waals surface area (Å²) in [5, 5.41) is 28.2. The van der Waals surface area contributed by atoms with E-state index < -0.39 is 46.1 Å². The number of carbonyl (C=O) groups is 4. The highest BCUT2D eigenvalue weighted by atomic mass is 16.5. The Balaban J connectivity index is 3.06. The maximum Gasteiger partial charge on any atom is 0.338 e. The monoisotopic (exact) mass is 344 g/mol. The Morgan fingerprint density at radius 1 is 0.800 bits per heavy atom. The third-order valence-corrected chi connectivity index (χ3v) is 3.46. The van der Waals surface area contributed by atoms with Gasteiger partial charge in [0.15, 0.2) is 0 Å². The topological polar surface area (TPSA) is 138 Å². The standard InChI is InChI=1S/C17H12O8/c1-25-17(24)10-7-9(8-5-3-2-4-6-8)11(14(18)19)13(16(22)23)12(10)15(20)21/h2-7H,1H3,(H,18,19)(H,20,21)(H,22,23). The van der Waals surface area contributed by atoms with Crippen molar-refractivity contribution in [2.24, 2.45) is 0 Å². The summed E-state index contributed by atoms with van der Waals surface area (Å²) in [6, 6.07) is 8.87. The van der Waals surface area contributed by atoms with Crippen LogP contribution in [0.4, 0.5) is 0 Å². The van der Waals surface area contributed by atoms with Gasteiger partial charge in [0, 0.05) is 0 Å². The Hall–Kier alpha value is -3.68. The van der Waals surface area contributed by atoms with E-state index in [1.54, 1.807) is 18.2 Å². The Kier molecular flexibility index (Phi) is 4.83.